The maximum Gasteiger partial charge on any atom is 0.340 e. The molecule has 0 atom stereocenters. The molecule has 7 nitrogen and oxygen atoms in total. The highest BCUT2D eigenvalue weighted by atomic mass is 32.2. The van der Waals surface area contributed by atoms with Crippen LogP contribution in [0.15, 0.2) is 23.9 Å². The Hall–Kier alpha value is -2.13. The molecule has 0 unspecified atom stereocenters. The number of hydrogen-bond acceptors (Lipinski definition) is 7. The zero-order chi connectivity index (χ0) is 20.1. The Balaban J connectivity index is 1.66. The van der Waals surface area contributed by atoms with E-state index in [9.17, 15) is 9.59 Å². The maximum absolute atomic E-state index is 12.4. The van der Waals surface area contributed by atoms with Crippen molar-refractivity contribution in [3.63, 3.8) is 0 Å². The van der Waals surface area contributed by atoms with E-state index >= 15 is 0 Å². The smallest absolute Gasteiger partial charge is 0.340 e. The Bertz CT molecular complexity index is 869. The van der Waals surface area contributed by atoms with Gasteiger partial charge in [-0.2, -0.15) is 0 Å². The number of methoxy groups -OCH3 is 1. The zero-order valence-corrected chi connectivity index (χ0v) is 17.7. The Morgan fingerprint density at radius 2 is 2.18 bits per heavy atom. The van der Waals surface area contributed by atoms with Crippen LogP contribution < -0.4 is 5.32 Å². The molecule has 1 aliphatic carbocycles. The van der Waals surface area contributed by atoms with Crippen LogP contribution in [-0.2, 0) is 16.1 Å². The first-order valence-electron chi connectivity index (χ1n) is 9.18. The van der Waals surface area contributed by atoms with E-state index in [0.717, 1.165) is 23.5 Å². The van der Waals surface area contributed by atoms with E-state index in [-0.39, 0.29) is 11.7 Å². The summed E-state index contributed by atoms with van der Waals surface area (Å²) in [5.41, 5.74) is 0.377. The molecular formula is C19H24N4O3S2. The monoisotopic (exact) mass is 420 g/mol. The molecule has 2 heterocycles. The molecule has 1 aliphatic rings. The lowest BCUT2D eigenvalue weighted by atomic mass is 10.1. The van der Waals surface area contributed by atoms with Crippen molar-refractivity contribution in [2.45, 2.75) is 50.2 Å². The molecule has 0 spiro atoms. The third-order valence-corrected chi connectivity index (χ3v) is 6.56. The van der Waals surface area contributed by atoms with Crippen LogP contribution in [0.4, 0.5) is 5.00 Å². The largest absolute Gasteiger partial charge is 0.465 e. The molecule has 0 aromatic carbocycles. The van der Waals surface area contributed by atoms with Gasteiger partial charge >= 0.3 is 5.97 Å². The van der Waals surface area contributed by atoms with E-state index in [1.165, 1.54) is 43.1 Å². The normalized spacial score (nSPS) is 14.2. The number of allylic oxidation sites excluding steroid dienone is 1. The topological polar surface area (TPSA) is 86.1 Å². The van der Waals surface area contributed by atoms with Crippen molar-refractivity contribution in [3.05, 3.63) is 35.0 Å². The van der Waals surface area contributed by atoms with E-state index in [1.807, 2.05) is 13.0 Å². The van der Waals surface area contributed by atoms with Gasteiger partial charge in [0.05, 0.1) is 18.4 Å². The van der Waals surface area contributed by atoms with Crippen LogP contribution in [0.1, 0.15) is 52.7 Å². The third-order valence-electron chi connectivity index (χ3n) is 4.62. The van der Waals surface area contributed by atoms with Gasteiger partial charge in [-0.3, -0.25) is 4.79 Å². The number of anilines is 1. The van der Waals surface area contributed by atoms with E-state index in [1.54, 1.807) is 6.07 Å². The molecule has 3 rings (SSSR count). The van der Waals surface area contributed by atoms with E-state index in [2.05, 4.69) is 26.7 Å². The summed E-state index contributed by atoms with van der Waals surface area (Å²) >= 11 is 2.69. The first-order chi connectivity index (χ1) is 13.5. The van der Waals surface area contributed by atoms with E-state index in [0.29, 0.717) is 28.2 Å². The van der Waals surface area contributed by atoms with Crippen LogP contribution in [0, 0.1) is 6.92 Å². The Morgan fingerprint density at radius 3 is 2.86 bits per heavy atom. The maximum atomic E-state index is 12.4. The number of nitrogens with one attached hydrogen (secondary N) is 1. The molecular weight excluding hydrogens is 396 g/mol. The summed E-state index contributed by atoms with van der Waals surface area (Å²) in [5, 5.41) is 12.7. The summed E-state index contributed by atoms with van der Waals surface area (Å²) in [5.74, 6) is 0.943. The van der Waals surface area contributed by atoms with Crippen molar-refractivity contribution in [3.8, 4) is 0 Å². The molecule has 2 aromatic heterocycles. The van der Waals surface area contributed by atoms with Crippen molar-refractivity contribution in [1.29, 1.82) is 0 Å². The molecule has 0 radical (unpaired) electrons. The Labute approximate surface area is 172 Å². The minimum absolute atomic E-state index is 0.178. The summed E-state index contributed by atoms with van der Waals surface area (Å²) in [4.78, 5) is 25.2. The quantitative estimate of drug-likeness (QED) is 0.394. The van der Waals surface area contributed by atoms with Gasteiger partial charge < -0.3 is 14.6 Å². The first kappa shape index (κ1) is 20.6. The second-order valence-electron chi connectivity index (χ2n) is 6.65. The first-order valence-corrected chi connectivity index (χ1v) is 11.0. The molecule has 1 fully saturated rings. The molecule has 1 N–H and O–H groups in total. The highest BCUT2D eigenvalue weighted by Gasteiger charge is 2.25. The number of carbonyl (C=O) groups excluding carboxylic acids is 2. The molecule has 28 heavy (non-hydrogen) atoms. The van der Waals surface area contributed by atoms with Crippen molar-refractivity contribution in [1.82, 2.24) is 14.8 Å². The van der Waals surface area contributed by atoms with E-state index < -0.39 is 5.97 Å². The standard InChI is InChI=1S/C19H24N4O3S2/c1-4-9-23-16(13-7-5-6-8-13)21-22-19(23)27-11-15(24)20-17-14(18(25)26-3)10-12(2)28-17/h4,10,13H,1,5-9,11H2,2-3H3,(H,20,24). The molecule has 150 valence electrons. The van der Waals surface area contributed by atoms with Gasteiger partial charge in [0.25, 0.3) is 0 Å². The molecule has 1 saturated carbocycles. The molecule has 2 aromatic rings. The predicted octanol–water partition coefficient (Wildman–Crippen LogP) is 4.01. The van der Waals surface area contributed by atoms with Gasteiger partial charge in [0.15, 0.2) is 5.16 Å². The van der Waals surface area contributed by atoms with Gasteiger partial charge in [-0.1, -0.05) is 30.7 Å². The lowest BCUT2D eigenvalue weighted by Gasteiger charge is -2.12. The number of thiophene rings is 1. The van der Waals surface area contributed by atoms with Crippen LogP contribution in [0.2, 0.25) is 0 Å². The Morgan fingerprint density at radius 1 is 1.43 bits per heavy atom. The van der Waals surface area contributed by atoms with Gasteiger partial charge in [-0.05, 0) is 25.8 Å². The van der Waals surface area contributed by atoms with Crippen LogP contribution in [-0.4, -0.2) is 39.5 Å². The molecule has 9 heteroatoms. The lowest BCUT2D eigenvalue weighted by Crippen LogP contribution is -2.16. The Kier molecular flexibility index (Phi) is 6.90. The molecule has 0 aliphatic heterocycles. The number of amides is 1. The summed E-state index contributed by atoms with van der Waals surface area (Å²) in [7, 11) is 1.32. The number of rotatable bonds is 8. The van der Waals surface area contributed by atoms with E-state index in [4.69, 9.17) is 4.74 Å². The van der Waals surface area contributed by atoms with Crippen LogP contribution in [0.25, 0.3) is 0 Å². The third kappa shape index (κ3) is 4.64. The lowest BCUT2D eigenvalue weighted by molar-refractivity contribution is -0.113. The van der Waals surface area contributed by atoms with Crippen LogP contribution in [0.5, 0.6) is 0 Å². The SMILES string of the molecule is C=CCn1c(SCC(=O)Nc2sc(C)cc2C(=O)OC)nnc1C1CCCC1. The summed E-state index contributed by atoms with van der Waals surface area (Å²) in [6, 6.07) is 1.72. The average molecular weight is 421 g/mol. The summed E-state index contributed by atoms with van der Waals surface area (Å²) < 4.78 is 6.83. The summed E-state index contributed by atoms with van der Waals surface area (Å²) in [6.45, 7) is 6.33. The van der Waals surface area contributed by atoms with Gasteiger partial charge in [0.1, 0.15) is 10.8 Å². The van der Waals surface area contributed by atoms with Crippen molar-refractivity contribution < 1.29 is 14.3 Å². The van der Waals surface area contributed by atoms with Gasteiger partial charge in [-0.25, -0.2) is 4.79 Å². The number of hydrogen-bond donors (Lipinski definition) is 1. The number of aromatic nitrogens is 3. The van der Waals surface area contributed by atoms with Crippen molar-refractivity contribution in [2.24, 2.45) is 0 Å². The fraction of sp³-hybridized carbons (Fsp3) is 0.474. The second-order valence-corrected chi connectivity index (χ2v) is 8.85. The minimum atomic E-state index is -0.459. The molecule has 1 amide bonds. The van der Waals surface area contributed by atoms with Gasteiger partial charge in [-0.15, -0.1) is 28.1 Å². The zero-order valence-electron chi connectivity index (χ0n) is 16.1. The number of esters is 1. The fourth-order valence-electron chi connectivity index (χ4n) is 3.35. The van der Waals surface area contributed by atoms with Crippen LogP contribution in [0.3, 0.4) is 0 Å². The number of aryl methyl sites for hydroxylation is 1. The number of carbonyl (C=O) groups is 2. The highest BCUT2D eigenvalue weighted by molar-refractivity contribution is 7.99. The van der Waals surface area contributed by atoms with Crippen LogP contribution >= 0.6 is 23.1 Å². The number of thioether (sulfide) groups is 1. The molecule has 0 saturated heterocycles. The number of ether oxygens (including phenoxy) is 1. The van der Waals surface area contributed by atoms with Gasteiger partial charge in [0.2, 0.25) is 5.91 Å². The fourth-order valence-corrected chi connectivity index (χ4v) is 5.03. The van der Waals surface area contributed by atoms with Gasteiger partial charge in [0, 0.05) is 17.3 Å². The average Bonchev–Trinajstić information content (AvgIpc) is 3.40. The van der Waals surface area contributed by atoms with Crippen molar-refractivity contribution >= 4 is 40.0 Å². The second kappa shape index (κ2) is 9.38. The number of nitrogens with zero attached hydrogens (tertiary/aromatic N) is 3. The minimum Gasteiger partial charge on any atom is -0.465 e. The predicted molar refractivity (Wildman–Crippen MR) is 111 cm³/mol. The van der Waals surface area contributed by atoms with Crippen molar-refractivity contribution in [2.75, 3.05) is 18.2 Å². The highest BCUT2D eigenvalue weighted by Crippen LogP contribution is 2.34. The molecule has 0 bridgehead atoms. The summed E-state index contributed by atoms with van der Waals surface area (Å²) in [6.07, 6.45) is 6.53.